The second-order valence-electron chi connectivity index (χ2n) is 6.39. The molecule has 2 aromatic rings. The fourth-order valence-corrected chi connectivity index (χ4v) is 2.91. The lowest BCUT2D eigenvalue weighted by molar-refractivity contribution is 0.679. The Bertz CT molecular complexity index is 676. The van der Waals surface area contributed by atoms with Gasteiger partial charge in [-0.3, -0.25) is 0 Å². The van der Waals surface area contributed by atoms with Crippen molar-refractivity contribution < 1.29 is 0 Å². The Morgan fingerprint density at radius 3 is 2.71 bits per heavy atom. The number of nitrogens with zero attached hydrogens (tertiary/aromatic N) is 2. The van der Waals surface area contributed by atoms with Crippen molar-refractivity contribution in [3.05, 3.63) is 59.3 Å². The van der Waals surface area contributed by atoms with Crippen LogP contribution in [-0.4, -0.2) is 16.5 Å². The van der Waals surface area contributed by atoms with Crippen LogP contribution in [0.3, 0.4) is 0 Å². The Kier molecular flexibility index (Phi) is 5.83. The first-order valence-corrected chi connectivity index (χ1v) is 8.84. The van der Waals surface area contributed by atoms with Crippen LogP contribution >= 0.6 is 0 Å². The standard InChI is InChI=1S/C20H26N4/c1-16-7-9-18(10-8-16)15-23-20-22-14-12-19(24-20)21-13-11-17-5-3-2-4-6-17/h5,7-10,12,14H,2-4,6,11,13,15H2,1H3,(H2,21,22,23,24). The minimum Gasteiger partial charge on any atom is -0.370 e. The van der Waals surface area contributed by atoms with Crippen LogP contribution in [0.4, 0.5) is 11.8 Å². The number of hydrogen-bond acceptors (Lipinski definition) is 4. The van der Waals surface area contributed by atoms with Gasteiger partial charge in [-0.25, -0.2) is 4.98 Å². The van der Waals surface area contributed by atoms with E-state index < -0.39 is 0 Å². The fourth-order valence-electron chi connectivity index (χ4n) is 2.91. The molecule has 1 heterocycles. The van der Waals surface area contributed by atoms with Crippen molar-refractivity contribution in [2.24, 2.45) is 0 Å². The van der Waals surface area contributed by atoms with Crippen molar-refractivity contribution >= 4 is 11.8 Å². The highest BCUT2D eigenvalue weighted by molar-refractivity contribution is 5.40. The van der Waals surface area contributed by atoms with Crippen molar-refractivity contribution in [3.8, 4) is 0 Å². The van der Waals surface area contributed by atoms with Crippen LogP contribution in [0.1, 0.15) is 43.2 Å². The molecular weight excluding hydrogens is 296 g/mol. The highest BCUT2D eigenvalue weighted by Gasteiger charge is 2.04. The number of benzene rings is 1. The van der Waals surface area contributed by atoms with E-state index in [1.807, 2.05) is 6.07 Å². The predicted molar refractivity (Wildman–Crippen MR) is 100 cm³/mol. The Balaban J connectivity index is 1.48. The van der Waals surface area contributed by atoms with Gasteiger partial charge in [0.25, 0.3) is 0 Å². The SMILES string of the molecule is Cc1ccc(CNc2nccc(NCCC3=CCCCC3)n2)cc1. The summed E-state index contributed by atoms with van der Waals surface area (Å²) in [6.45, 7) is 3.76. The number of aromatic nitrogens is 2. The van der Waals surface area contributed by atoms with E-state index in [0.29, 0.717) is 5.95 Å². The molecule has 4 heteroatoms. The zero-order valence-electron chi connectivity index (χ0n) is 14.4. The summed E-state index contributed by atoms with van der Waals surface area (Å²) in [6.07, 6.45) is 10.5. The number of anilines is 2. The molecule has 3 rings (SSSR count). The summed E-state index contributed by atoms with van der Waals surface area (Å²) in [7, 11) is 0. The van der Waals surface area contributed by atoms with Gasteiger partial charge in [0.15, 0.2) is 0 Å². The summed E-state index contributed by atoms with van der Waals surface area (Å²) in [5, 5.41) is 6.69. The number of nitrogens with one attached hydrogen (secondary N) is 2. The predicted octanol–water partition coefficient (Wildman–Crippen LogP) is 4.70. The van der Waals surface area contributed by atoms with Crippen molar-refractivity contribution in [1.29, 1.82) is 0 Å². The van der Waals surface area contributed by atoms with Gasteiger partial charge in [0.2, 0.25) is 5.95 Å². The topological polar surface area (TPSA) is 49.8 Å². The molecule has 0 fully saturated rings. The molecule has 0 bridgehead atoms. The summed E-state index contributed by atoms with van der Waals surface area (Å²) in [5.41, 5.74) is 4.08. The largest absolute Gasteiger partial charge is 0.370 e. The summed E-state index contributed by atoms with van der Waals surface area (Å²) in [5.74, 6) is 1.55. The van der Waals surface area contributed by atoms with Gasteiger partial charge in [-0.1, -0.05) is 41.5 Å². The molecule has 1 aliphatic carbocycles. The van der Waals surface area contributed by atoms with Gasteiger partial charge in [-0.15, -0.1) is 0 Å². The van der Waals surface area contributed by atoms with E-state index in [2.05, 4.69) is 57.9 Å². The summed E-state index contributed by atoms with van der Waals surface area (Å²) in [4.78, 5) is 8.83. The molecule has 4 nitrogen and oxygen atoms in total. The van der Waals surface area contributed by atoms with Crippen LogP contribution in [0.2, 0.25) is 0 Å². The molecule has 0 radical (unpaired) electrons. The maximum Gasteiger partial charge on any atom is 0.224 e. The normalized spacial score (nSPS) is 14.1. The van der Waals surface area contributed by atoms with Gasteiger partial charge < -0.3 is 10.6 Å². The van der Waals surface area contributed by atoms with E-state index >= 15 is 0 Å². The molecule has 126 valence electrons. The molecule has 0 unspecified atom stereocenters. The average molecular weight is 322 g/mol. The van der Waals surface area contributed by atoms with Crippen molar-refractivity contribution in [2.45, 2.75) is 45.6 Å². The van der Waals surface area contributed by atoms with Crippen LogP contribution in [0.25, 0.3) is 0 Å². The molecule has 1 aromatic carbocycles. The van der Waals surface area contributed by atoms with E-state index in [0.717, 1.165) is 25.3 Å². The summed E-state index contributed by atoms with van der Waals surface area (Å²) < 4.78 is 0. The summed E-state index contributed by atoms with van der Waals surface area (Å²) >= 11 is 0. The number of hydrogen-bond donors (Lipinski definition) is 2. The molecule has 0 spiro atoms. The van der Waals surface area contributed by atoms with E-state index in [1.54, 1.807) is 11.8 Å². The smallest absolute Gasteiger partial charge is 0.224 e. The zero-order chi connectivity index (χ0) is 16.6. The third-order valence-corrected chi connectivity index (χ3v) is 4.36. The zero-order valence-corrected chi connectivity index (χ0v) is 14.4. The molecular formula is C20H26N4. The van der Waals surface area contributed by atoms with Gasteiger partial charge in [0.05, 0.1) is 0 Å². The average Bonchev–Trinajstić information content (AvgIpc) is 2.63. The van der Waals surface area contributed by atoms with E-state index in [9.17, 15) is 0 Å². The highest BCUT2D eigenvalue weighted by atomic mass is 15.1. The van der Waals surface area contributed by atoms with Gasteiger partial charge in [0.1, 0.15) is 5.82 Å². The molecule has 0 atom stereocenters. The molecule has 0 aliphatic heterocycles. The van der Waals surface area contributed by atoms with Crippen LogP contribution in [0, 0.1) is 6.92 Å². The van der Waals surface area contributed by atoms with Gasteiger partial charge >= 0.3 is 0 Å². The molecule has 0 saturated carbocycles. The monoisotopic (exact) mass is 322 g/mol. The maximum absolute atomic E-state index is 4.54. The van der Waals surface area contributed by atoms with E-state index in [1.165, 1.54) is 36.8 Å². The van der Waals surface area contributed by atoms with Crippen LogP contribution in [0.15, 0.2) is 48.2 Å². The lowest BCUT2D eigenvalue weighted by Crippen LogP contribution is -2.08. The first-order chi connectivity index (χ1) is 11.8. The van der Waals surface area contributed by atoms with Crippen LogP contribution < -0.4 is 10.6 Å². The van der Waals surface area contributed by atoms with Gasteiger partial charge in [0, 0.05) is 19.3 Å². The summed E-state index contributed by atoms with van der Waals surface area (Å²) in [6, 6.07) is 10.4. The van der Waals surface area contributed by atoms with Crippen molar-refractivity contribution in [2.75, 3.05) is 17.2 Å². The molecule has 1 aliphatic rings. The Labute approximate surface area is 144 Å². The van der Waals surface area contributed by atoms with Crippen molar-refractivity contribution in [1.82, 2.24) is 9.97 Å². The Hall–Kier alpha value is -2.36. The molecule has 0 saturated heterocycles. The third-order valence-electron chi connectivity index (χ3n) is 4.36. The maximum atomic E-state index is 4.54. The lowest BCUT2D eigenvalue weighted by atomic mass is 9.97. The number of aryl methyl sites for hydroxylation is 1. The Morgan fingerprint density at radius 1 is 1.04 bits per heavy atom. The number of allylic oxidation sites excluding steroid dienone is 1. The quantitative estimate of drug-likeness (QED) is 0.726. The minimum atomic E-state index is 0.664. The van der Waals surface area contributed by atoms with Crippen LogP contribution in [0.5, 0.6) is 0 Å². The lowest BCUT2D eigenvalue weighted by Gasteiger charge is -2.13. The van der Waals surface area contributed by atoms with E-state index in [-0.39, 0.29) is 0 Å². The molecule has 0 amide bonds. The number of rotatable bonds is 7. The third kappa shape index (κ3) is 5.08. The second-order valence-corrected chi connectivity index (χ2v) is 6.39. The second kappa shape index (κ2) is 8.48. The van der Waals surface area contributed by atoms with Crippen LogP contribution in [-0.2, 0) is 6.54 Å². The van der Waals surface area contributed by atoms with Gasteiger partial charge in [-0.05, 0) is 50.7 Å². The first kappa shape index (κ1) is 16.5. The first-order valence-electron chi connectivity index (χ1n) is 8.84. The van der Waals surface area contributed by atoms with Crippen molar-refractivity contribution in [3.63, 3.8) is 0 Å². The fraction of sp³-hybridized carbons (Fsp3) is 0.400. The molecule has 1 aromatic heterocycles. The molecule has 2 N–H and O–H groups in total. The van der Waals surface area contributed by atoms with E-state index in [4.69, 9.17) is 0 Å². The minimum absolute atomic E-state index is 0.664. The highest BCUT2D eigenvalue weighted by Crippen LogP contribution is 2.20. The Morgan fingerprint density at radius 2 is 1.92 bits per heavy atom. The van der Waals surface area contributed by atoms with Gasteiger partial charge in [-0.2, -0.15) is 4.98 Å². The molecule has 24 heavy (non-hydrogen) atoms.